The quantitative estimate of drug-likeness (QED) is 0.842. The summed E-state index contributed by atoms with van der Waals surface area (Å²) in [6.07, 6.45) is 0. The largest absolute Gasteiger partial charge is 0.323 e. The van der Waals surface area contributed by atoms with E-state index < -0.39 is 0 Å². The molecule has 1 aliphatic heterocycles. The van der Waals surface area contributed by atoms with Gasteiger partial charge < -0.3 is 10.6 Å². The summed E-state index contributed by atoms with van der Waals surface area (Å²) in [4.78, 5) is 11.9. The minimum atomic E-state index is -0.378. The summed E-state index contributed by atoms with van der Waals surface area (Å²) in [5, 5.41) is 5.82. The van der Waals surface area contributed by atoms with Crippen molar-refractivity contribution in [2.45, 2.75) is 13.8 Å². The molecule has 4 heteroatoms. The first-order valence-electron chi connectivity index (χ1n) is 5.86. The van der Waals surface area contributed by atoms with Gasteiger partial charge in [0.2, 0.25) is 5.91 Å². The third-order valence-electron chi connectivity index (χ3n) is 3.40. The summed E-state index contributed by atoms with van der Waals surface area (Å²) >= 11 is 0. The summed E-state index contributed by atoms with van der Waals surface area (Å²) < 4.78 is 13.5. The first kappa shape index (κ1) is 12.0. The van der Waals surface area contributed by atoms with E-state index in [0.717, 1.165) is 18.7 Å². The van der Waals surface area contributed by atoms with Crippen LogP contribution >= 0.6 is 0 Å². The van der Waals surface area contributed by atoms with Gasteiger partial charge in [0.25, 0.3) is 0 Å². The number of nitrogens with one attached hydrogen (secondary N) is 2. The Kier molecular flexibility index (Phi) is 3.43. The van der Waals surface area contributed by atoms with Gasteiger partial charge in [0.15, 0.2) is 0 Å². The van der Waals surface area contributed by atoms with E-state index in [1.54, 1.807) is 19.1 Å². The van der Waals surface area contributed by atoms with Crippen molar-refractivity contribution in [3.63, 3.8) is 0 Å². The van der Waals surface area contributed by atoms with Crippen LogP contribution in [-0.2, 0) is 4.79 Å². The van der Waals surface area contributed by atoms with Crippen molar-refractivity contribution in [3.8, 4) is 0 Å². The van der Waals surface area contributed by atoms with Crippen molar-refractivity contribution in [1.29, 1.82) is 0 Å². The van der Waals surface area contributed by atoms with Crippen LogP contribution in [0.1, 0.15) is 12.5 Å². The molecule has 1 unspecified atom stereocenters. The normalized spacial score (nSPS) is 17.4. The molecule has 1 heterocycles. The maximum Gasteiger partial charge on any atom is 0.227 e. The number of anilines is 1. The second-order valence-electron chi connectivity index (χ2n) is 4.63. The maximum absolute atomic E-state index is 13.5. The van der Waals surface area contributed by atoms with Gasteiger partial charge in [-0.1, -0.05) is 19.1 Å². The van der Waals surface area contributed by atoms with Crippen LogP contribution in [0.5, 0.6) is 0 Å². The molecule has 3 nitrogen and oxygen atoms in total. The highest BCUT2D eigenvalue weighted by molar-refractivity contribution is 5.93. The molecule has 2 rings (SSSR count). The fourth-order valence-electron chi connectivity index (χ4n) is 1.91. The van der Waals surface area contributed by atoms with Gasteiger partial charge in [-0.25, -0.2) is 4.39 Å². The number of carbonyl (C=O) groups excluding carboxylic acids is 1. The molecule has 1 atom stereocenters. The average Bonchev–Trinajstić information content (AvgIpc) is 2.21. The lowest BCUT2D eigenvalue weighted by Crippen LogP contribution is -2.48. The van der Waals surface area contributed by atoms with Gasteiger partial charge in [-0.2, -0.15) is 0 Å². The van der Waals surface area contributed by atoms with Crippen molar-refractivity contribution in [2.24, 2.45) is 11.8 Å². The zero-order valence-corrected chi connectivity index (χ0v) is 10.1. The first-order valence-corrected chi connectivity index (χ1v) is 5.86. The van der Waals surface area contributed by atoms with Crippen molar-refractivity contribution >= 4 is 11.6 Å². The summed E-state index contributed by atoms with van der Waals surface area (Å²) in [5.74, 6) is -0.209. The second kappa shape index (κ2) is 4.84. The molecule has 0 saturated carbocycles. The zero-order valence-electron chi connectivity index (χ0n) is 10.1. The number of para-hydroxylation sites is 1. The van der Waals surface area contributed by atoms with Gasteiger partial charge >= 0.3 is 0 Å². The van der Waals surface area contributed by atoms with Crippen LogP contribution in [0.15, 0.2) is 18.2 Å². The van der Waals surface area contributed by atoms with Gasteiger partial charge in [-0.3, -0.25) is 4.79 Å². The fourth-order valence-corrected chi connectivity index (χ4v) is 1.91. The Labute approximate surface area is 100 Å². The number of hydrogen-bond donors (Lipinski definition) is 2. The Bertz CT molecular complexity index is 409. The van der Waals surface area contributed by atoms with Gasteiger partial charge in [0.05, 0.1) is 5.69 Å². The molecule has 0 spiro atoms. The lowest BCUT2D eigenvalue weighted by Gasteiger charge is -2.31. The van der Waals surface area contributed by atoms with E-state index in [2.05, 4.69) is 10.6 Å². The number of amides is 1. The van der Waals surface area contributed by atoms with Gasteiger partial charge in [0.1, 0.15) is 5.82 Å². The molecule has 1 amide bonds. The Morgan fingerprint density at radius 3 is 2.76 bits per heavy atom. The Morgan fingerprint density at radius 1 is 1.53 bits per heavy atom. The topological polar surface area (TPSA) is 41.1 Å². The summed E-state index contributed by atoms with van der Waals surface area (Å²) in [6.45, 7) is 5.40. The third kappa shape index (κ3) is 2.47. The van der Waals surface area contributed by atoms with Crippen LogP contribution in [0.4, 0.5) is 10.1 Å². The van der Waals surface area contributed by atoms with Crippen molar-refractivity contribution in [3.05, 3.63) is 29.6 Å². The zero-order chi connectivity index (χ0) is 12.4. The summed E-state index contributed by atoms with van der Waals surface area (Å²) in [7, 11) is 0. The highest BCUT2D eigenvalue weighted by Crippen LogP contribution is 2.22. The number of aryl methyl sites for hydroxylation is 1. The predicted molar refractivity (Wildman–Crippen MR) is 65.3 cm³/mol. The van der Waals surface area contributed by atoms with Crippen LogP contribution in [-0.4, -0.2) is 19.0 Å². The lowest BCUT2D eigenvalue weighted by molar-refractivity contribution is -0.121. The molecular formula is C13H17FN2O. The van der Waals surface area contributed by atoms with Crippen molar-refractivity contribution in [2.75, 3.05) is 18.4 Å². The summed E-state index contributed by atoms with van der Waals surface area (Å²) in [6, 6.07) is 4.78. The molecule has 0 bridgehead atoms. The number of rotatable bonds is 3. The highest BCUT2D eigenvalue weighted by Gasteiger charge is 2.29. The molecule has 2 N–H and O–H groups in total. The van der Waals surface area contributed by atoms with Crippen LogP contribution < -0.4 is 10.6 Å². The lowest BCUT2D eigenvalue weighted by atomic mass is 9.88. The molecule has 1 saturated heterocycles. The van der Waals surface area contributed by atoms with Crippen LogP contribution in [0.3, 0.4) is 0 Å². The van der Waals surface area contributed by atoms with Crippen LogP contribution in [0.25, 0.3) is 0 Å². The van der Waals surface area contributed by atoms with Gasteiger partial charge in [0, 0.05) is 5.92 Å². The first-order chi connectivity index (χ1) is 8.09. The fraction of sp³-hybridized carbons (Fsp3) is 0.462. The molecule has 1 fully saturated rings. The van der Waals surface area contributed by atoms with E-state index in [1.807, 2.05) is 6.92 Å². The predicted octanol–water partition coefficient (Wildman–Crippen LogP) is 1.93. The van der Waals surface area contributed by atoms with E-state index in [1.165, 1.54) is 6.07 Å². The number of halogens is 1. The average molecular weight is 236 g/mol. The van der Waals surface area contributed by atoms with Crippen molar-refractivity contribution in [1.82, 2.24) is 5.32 Å². The molecule has 0 radical (unpaired) electrons. The number of hydrogen-bond acceptors (Lipinski definition) is 2. The van der Waals surface area contributed by atoms with E-state index in [9.17, 15) is 9.18 Å². The smallest absolute Gasteiger partial charge is 0.227 e. The van der Waals surface area contributed by atoms with E-state index in [-0.39, 0.29) is 17.6 Å². The standard InChI is InChI=1S/C13H17FN2O/c1-8-4-3-5-11(14)12(8)16-13(17)9(2)10-6-15-7-10/h3-5,9-10,15H,6-7H2,1-2H3,(H,16,17). The Hall–Kier alpha value is -1.42. The van der Waals surface area contributed by atoms with E-state index >= 15 is 0 Å². The van der Waals surface area contributed by atoms with Crippen LogP contribution in [0, 0.1) is 24.6 Å². The highest BCUT2D eigenvalue weighted by atomic mass is 19.1. The molecule has 0 aliphatic carbocycles. The molecule has 1 aromatic rings. The monoisotopic (exact) mass is 236 g/mol. The molecule has 1 aromatic carbocycles. The molecular weight excluding hydrogens is 219 g/mol. The molecule has 1 aliphatic rings. The van der Waals surface area contributed by atoms with Crippen LogP contribution in [0.2, 0.25) is 0 Å². The van der Waals surface area contributed by atoms with E-state index in [0.29, 0.717) is 11.6 Å². The molecule has 0 aromatic heterocycles. The number of carbonyl (C=O) groups is 1. The van der Waals surface area contributed by atoms with Gasteiger partial charge in [-0.15, -0.1) is 0 Å². The minimum Gasteiger partial charge on any atom is -0.323 e. The maximum atomic E-state index is 13.5. The summed E-state index contributed by atoms with van der Waals surface area (Å²) in [5.41, 5.74) is 1.05. The van der Waals surface area contributed by atoms with E-state index in [4.69, 9.17) is 0 Å². The Morgan fingerprint density at radius 2 is 2.24 bits per heavy atom. The number of benzene rings is 1. The molecule has 92 valence electrons. The minimum absolute atomic E-state index is 0.0877. The van der Waals surface area contributed by atoms with Gasteiger partial charge in [-0.05, 0) is 37.6 Å². The second-order valence-corrected chi connectivity index (χ2v) is 4.63. The molecule has 17 heavy (non-hydrogen) atoms. The Balaban J connectivity index is 2.07. The SMILES string of the molecule is Cc1cccc(F)c1NC(=O)C(C)C1CNC1. The third-order valence-corrected chi connectivity index (χ3v) is 3.40. The van der Waals surface area contributed by atoms with Crippen molar-refractivity contribution < 1.29 is 9.18 Å².